The van der Waals surface area contributed by atoms with Crippen molar-refractivity contribution in [3.63, 3.8) is 0 Å². The molecule has 0 atom stereocenters. The highest BCUT2D eigenvalue weighted by Gasteiger charge is 2.48. The lowest BCUT2D eigenvalue weighted by molar-refractivity contribution is -0.150. The summed E-state index contributed by atoms with van der Waals surface area (Å²) in [5.41, 5.74) is 5.65. The lowest BCUT2D eigenvalue weighted by atomic mass is 9.61. The molecule has 2 aliphatic carbocycles. The Kier molecular flexibility index (Phi) is 3.76. The lowest BCUT2D eigenvalue weighted by Crippen LogP contribution is -2.55. The van der Waals surface area contributed by atoms with Crippen LogP contribution in [0.3, 0.4) is 0 Å². The van der Waals surface area contributed by atoms with E-state index in [4.69, 9.17) is 5.73 Å². The summed E-state index contributed by atoms with van der Waals surface area (Å²) in [5.74, 6) is 1.75. The molecule has 0 heterocycles. The molecule has 0 aromatic rings. The standard InChI is InChI=1S/C14H26N2O/c1-3-16(9-12-5-4-6-12)13(17)14(10-15)7-11(2)8-14/h11-12H,3-10,15H2,1-2H3. The molecule has 0 aliphatic heterocycles. The smallest absolute Gasteiger partial charge is 0.230 e. The minimum absolute atomic E-state index is 0.209. The number of amides is 1. The summed E-state index contributed by atoms with van der Waals surface area (Å²) >= 11 is 0. The van der Waals surface area contributed by atoms with Gasteiger partial charge in [0.05, 0.1) is 5.41 Å². The van der Waals surface area contributed by atoms with E-state index in [1.54, 1.807) is 0 Å². The zero-order valence-corrected chi connectivity index (χ0v) is 11.2. The Labute approximate surface area is 105 Å². The van der Waals surface area contributed by atoms with Gasteiger partial charge in [-0.1, -0.05) is 13.3 Å². The van der Waals surface area contributed by atoms with Crippen LogP contribution in [0.2, 0.25) is 0 Å². The molecule has 98 valence electrons. The number of hydrogen-bond donors (Lipinski definition) is 1. The predicted octanol–water partition coefficient (Wildman–Crippen LogP) is 2.01. The third kappa shape index (κ3) is 2.35. The number of carbonyl (C=O) groups excluding carboxylic acids is 1. The van der Waals surface area contributed by atoms with Crippen LogP contribution in [0.1, 0.15) is 46.0 Å². The number of nitrogens with two attached hydrogens (primary N) is 1. The molecule has 2 fully saturated rings. The van der Waals surface area contributed by atoms with Gasteiger partial charge in [-0.3, -0.25) is 4.79 Å². The Morgan fingerprint density at radius 2 is 2.06 bits per heavy atom. The molecule has 17 heavy (non-hydrogen) atoms. The fraction of sp³-hybridized carbons (Fsp3) is 0.929. The number of carbonyl (C=O) groups is 1. The highest BCUT2D eigenvalue weighted by molar-refractivity contribution is 5.84. The van der Waals surface area contributed by atoms with E-state index < -0.39 is 0 Å². The van der Waals surface area contributed by atoms with E-state index in [1.807, 2.05) is 0 Å². The van der Waals surface area contributed by atoms with E-state index in [9.17, 15) is 4.79 Å². The van der Waals surface area contributed by atoms with Crippen molar-refractivity contribution in [3.05, 3.63) is 0 Å². The maximum Gasteiger partial charge on any atom is 0.230 e. The SMILES string of the molecule is CCN(CC1CCC1)C(=O)C1(CN)CC(C)C1. The molecule has 3 heteroatoms. The van der Waals surface area contributed by atoms with Crippen LogP contribution in [0.25, 0.3) is 0 Å². The molecule has 1 amide bonds. The van der Waals surface area contributed by atoms with E-state index in [2.05, 4.69) is 18.7 Å². The fourth-order valence-corrected chi connectivity index (χ4v) is 3.38. The van der Waals surface area contributed by atoms with Gasteiger partial charge in [-0.15, -0.1) is 0 Å². The first-order valence-electron chi connectivity index (χ1n) is 7.10. The quantitative estimate of drug-likeness (QED) is 0.796. The first kappa shape index (κ1) is 12.9. The van der Waals surface area contributed by atoms with Crippen LogP contribution >= 0.6 is 0 Å². The summed E-state index contributed by atoms with van der Waals surface area (Å²) in [4.78, 5) is 14.6. The Hall–Kier alpha value is -0.570. The molecule has 0 aromatic carbocycles. The molecule has 0 aromatic heterocycles. The summed E-state index contributed by atoms with van der Waals surface area (Å²) < 4.78 is 0. The minimum Gasteiger partial charge on any atom is -0.342 e. The van der Waals surface area contributed by atoms with Gasteiger partial charge in [0.2, 0.25) is 5.91 Å². The minimum atomic E-state index is -0.209. The Morgan fingerprint density at radius 3 is 2.41 bits per heavy atom. The second kappa shape index (κ2) is 4.97. The van der Waals surface area contributed by atoms with E-state index in [0.29, 0.717) is 18.4 Å². The van der Waals surface area contributed by atoms with Gasteiger partial charge in [-0.2, -0.15) is 0 Å². The summed E-state index contributed by atoms with van der Waals surface area (Å²) in [5, 5.41) is 0. The topological polar surface area (TPSA) is 46.3 Å². The zero-order valence-electron chi connectivity index (χ0n) is 11.2. The van der Waals surface area contributed by atoms with Crippen molar-refractivity contribution >= 4 is 5.91 Å². The molecule has 0 spiro atoms. The van der Waals surface area contributed by atoms with Gasteiger partial charge < -0.3 is 10.6 Å². The lowest BCUT2D eigenvalue weighted by Gasteiger charge is -2.47. The number of rotatable bonds is 5. The molecular formula is C14H26N2O. The zero-order chi connectivity index (χ0) is 12.5. The van der Waals surface area contributed by atoms with Crippen molar-refractivity contribution in [2.24, 2.45) is 23.0 Å². The third-order valence-corrected chi connectivity index (χ3v) is 4.70. The summed E-state index contributed by atoms with van der Waals surface area (Å²) in [6, 6.07) is 0. The normalized spacial score (nSPS) is 32.8. The summed E-state index contributed by atoms with van der Waals surface area (Å²) in [6.07, 6.45) is 5.92. The molecule has 2 saturated carbocycles. The first-order valence-corrected chi connectivity index (χ1v) is 7.10. The van der Waals surface area contributed by atoms with Crippen LogP contribution in [0.15, 0.2) is 0 Å². The predicted molar refractivity (Wildman–Crippen MR) is 69.5 cm³/mol. The molecule has 0 radical (unpaired) electrons. The summed E-state index contributed by atoms with van der Waals surface area (Å²) in [7, 11) is 0. The maximum atomic E-state index is 12.6. The molecule has 2 aliphatic rings. The van der Waals surface area contributed by atoms with Gasteiger partial charge >= 0.3 is 0 Å². The van der Waals surface area contributed by atoms with Crippen molar-refractivity contribution in [2.75, 3.05) is 19.6 Å². The average molecular weight is 238 g/mol. The second-order valence-corrected chi connectivity index (χ2v) is 6.14. The van der Waals surface area contributed by atoms with Gasteiger partial charge in [0.1, 0.15) is 0 Å². The Balaban J connectivity index is 1.95. The van der Waals surface area contributed by atoms with E-state index in [-0.39, 0.29) is 5.41 Å². The molecule has 3 nitrogen and oxygen atoms in total. The van der Waals surface area contributed by atoms with Crippen molar-refractivity contribution in [2.45, 2.75) is 46.0 Å². The maximum absolute atomic E-state index is 12.6. The van der Waals surface area contributed by atoms with Gasteiger partial charge in [0.15, 0.2) is 0 Å². The molecule has 2 N–H and O–H groups in total. The van der Waals surface area contributed by atoms with Crippen molar-refractivity contribution in [1.82, 2.24) is 4.90 Å². The van der Waals surface area contributed by atoms with Crippen LogP contribution in [-0.2, 0) is 4.79 Å². The molecule has 0 bridgehead atoms. The second-order valence-electron chi connectivity index (χ2n) is 6.14. The van der Waals surface area contributed by atoms with Crippen molar-refractivity contribution in [1.29, 1.82) is 0 Å². The number of hydrogen-bond acceptors (Lipinski definition) is 2. The van der Waals surface area contributed by atoms with Gasteiger partial charge in [0.25, 0.3) is 0 Å². The average Bonchev–Trinajstić information content (AvgIpc) is 2.22. The van der Waals surface area contributed by atoms with Crippen LogP contribution in [0, 0.1) is 17.3 Å². The highest BCUT2D eigenvalue weighted by Crippen LogP contribution is 2.46. The van der Waals surface area contributed by atoms with E-state index in [0.717, 1.165) is 31.8 Å². The number of nitrogens with zero attached hydrogens (tertiary/aromatic N) is 1. The van der Waals surface area contributed by atoms with Crippen LogP contribution < -0.4 is 5.73 Å². The molecular weight excluding hydrogens is 212 g/mol. The molecule has 0 saturated heterocycles. The van der Waals surface area contributed by atoms with E-state index >= 15 is 0 Å². The van der Waals surface area contributed by atoms with Crippen LogP contribution in [-0.4, -0.2) is 30.4 Å². The Bertz CT molecular complexity index is 280. The molecule has 0 unspecified atom stereocenters. The van der Waals surface area contributed by atoms with Gasteiger partial charge in [-0.05, 0) is 44.4 Å². The summed E-state index contributed by atoms with van der Waals surface area (Å²) in [6.45, 7) is 6.63. The monoisotopic (exact) mass is 238 g/mol. The molecule has 2 rings (SSSR count). The van der Waals surface area contributed by atoms with Crippen molar-refractivity contribution in [3.8, 4) is 0 Å². The van der Waals surface area contributed by atoms with Gasteiger partial charge in [-0.25, -0.2) is 0 Å². The first-order chi connectivity index (χ1) is 8.11. The largest absolute Gasteiger partial charge is 0.342 e. The van der Waals surface area contributed by atoms with Crippen molar-refractivity contribution < 1.29 is 4.79 Å². The fourth-order valence-electron chi connectivity index (χ4n) is 3.38. The van der Waals surface area contributed by atoms with Crippen LogP contribution in [0.4, 0.5) is 0 Å². The highest BCUT2D eigenvalue weighted by atomic mass is 16.2. The van der Waals surface area contributed by atoms with Gasteiger partial charge in [0, 0.05) is 19.6 Å². The Morgan fingerprint density at radius 1 is 1.41 bits per heavy atom. The third-order valence-electron chi connectivity index (χ3n) is 4.70. The van der Waals surface area contributed by atoms with Crippen LogP contribution in [0.5, 0.6) is 0 Å². The van der Waals surface area contributed by atoms with E-state index in [1.165, 1.54) is 19.3 Å².